The molecule has 1 N–H and O–H groups in total. The number of aromatic nitrogens is 1. The average molecular weight is 462 g/mol. The summed E-state index contributed by atoms with van der Waals surface area (Å²) in [4.78, 5) is 29.8. The van der Waals surface area contributed by atoms with Gasteiger partial charge >= 0.3 is 12.2 Å². The molecule has 0 saturated carbocycles. The van der Waals surface area contributed by atoms with Gasteiger partial charge in [0, 0.05) is 25.7 Å². The quantitative estimate of drug-likeness (QED) is 0.687. The summed E-state index contributed by atoms with van der Waals surface area (Å²) in [5.74, 6) is -4.19. The molecule has 0 radical (unpaired) electrons. The van der Waals surface area contributed by atoms with E-state index in [1.54, 1.807) is 20.8 Å². The van der Waals surface area contributed by atoms with Crippen molar-refractivity contribution in [3.05, 3.63) is 65.5 Å². The third kappa shape index (κ3) is 7.13. The highest BCUT2D eigenvalue weighted by Crippen LogP contribution is 2.40. The first-order chi connectivity index (χ1) is 15.5. The van der Waals surface area contributed by atoms with Crippen LogP contribution < -0.4 is 5.32 Å². The number of amides is 2. The van der Waals surface area contributed by atoms with Crippen molar-refractivity contribution in [2.24, 2.45) is 0 Å². The van der Waals surface area contributed by atoms with Crippen LogP contribution in [0.2, 0.25) is 0 Å². The number of ether oxygens (including phenoxy) is 2. The highest BCUT2D eigenvalue weighted by Gasteiger charge is 2.46. The summed E-state index contributed by atoms with van der Waals surface area (Å²) in [6.45, 7) is 5.09. The Kier molecular flexibility index (Phi) is 7.50. The Balaban J connectivity index is 1.61. The van der Waals surface area contributed by atoms with E-state index >= 15 is 0 Å². The van der Waals surface area contributed by atoms with E-state index in [9.17, 15) is 18.4 Å². The van der Waals surface area contributed by atoms with Gasteiger partial charge < -0.3 is 19.7 Å². The number of benzene rings is 1. The summed E-state index contributed by atoms with van der Waals surface area (Å²) >= 11 is 0. The van der Waals surface area contributed by atoms with Crippen molar-refractivity contribution in [2.75, 3.05) is 13.1 Å². The van der Waals surface area contributed by atoms with Crippen molar-refractivity contribution in [3.63, 3.8) is 0 Å². The van der Waals surface area contributed by atoms with Gasteiger partial charge in [-0.25, -0.2) is 18.4 Å². The molecule has 2 amide bonds. The van der Waals surface area contributed by atoms with Gasteiger partial charge in [-0.1, -0.05) is 30.3 Å². The first-order valence-electron chi connectivity index (χ1n) is 10.8. The van der Waals surface area contributed by atoms with Crippen LogP contribution in [0, 0.1) is 0 Å². The second-order valence-electron chi connectivity index (χ2n) is 8.99. The Bertz CT molecular complexity index is 964. The highest BCUT2D eigenvalue weighted by atomic mass is 19.3. The number of carbonyl (C=O) groups excluding carboxylic acids is 2. The number of carbonyl (C=O) groups is 2. The number of rotatable bonds is 5. The van der Waals surface area contributed by atoms with Crippen LogP contribution in [0.3, 0.4) is 0 Å². The van der Waals surface area contributed by atoms with E-state index in [0.717, 1.165) is 5.56 Å². The fourth-order valence-electron chi connectivity index (χ4n) is 3.49. The lowest BCUT2D eigenvalue weighted by Gasteiger charge is -2.39. The topological polar surface area (TPSA) is 80.8 Å². The van der Waals surface area contributed by atoms with Gasteiger partial charge in [0.1, 0.15) is 12.2 Å². The molecule has 0 aliphatic carbocycles. The van der Waals surface area contributed by atoms with Crippen LogP contribution in [0.25, 0.3) is 0 Å². The number of hydrogen-bond donors (Lipinski definition) is 1. The van der Waals surface area contributed by atoms with Gasteiger partial charge in [-0.2, -0.15) is 0 Å². The van der Waals surface area contributed by atoms with Crippen molar-refractivity contribution >= 4 is 12.2 Å². The zero-order chi connectivity index (χ0) is 24.1. The molecule has 1 fully saturated rings. The maximum atomic E-state index is 14.7. The molecule has 2 heterocycles. The minimum atomic E-state index is -2.99. The molecule has 0 bridgehead atoms. The summed E-state index contributed by atoms with van der Waals surface area (Å²) in [7, 11) is 0. The van der Waals surface area contributed by atoms with Gasteiger partial charge in [-0.15, -0.1) is 0 Å². The highest BCUT2D eigenvalue weighted by molar-refractivity contribution is 5.68. The SMILES string of the molecule is CC(C)(C)OC(=O)N1CCC(F)(F)[C@@H](c2ccnc(CNC(=O)OCc3ccccc3)c2)C1. The summed E-state index contributed by atoms with van der Waals surface area (Å²) in [5, 5.41) is 2.58. The van der Waals surface area contributed by atoms with Crippen molar-refractivity contribution in [1.29, 1.82) is 0 Å². The molecular formula is C24H29F2N3O4. The molecule has 33 heavy (non-hydrogen) atoms. The number of nitrogens with one attached hydrogen (secondary N) is 1. The van der Waals surface area contributed by atoms with E-state index in [4.69, 9.17) is 9.47 Å². The smallest absolute Gasteiger partial charge is 0.410 e. The van der Waals surface area contributed by atoms with Crippen LogP contribution in [0.1, 0.15) is 49.9 Å². The Labute approximate surface area is 192 Å². The Morgan fingerprint density at radius 3 is 2.64 bits per heavy atom. The van der Waals surface area contributed by atoms with Crippen molar-refractivity contribution in [2.45, 2.75) is 57.8 Å². The molecule has 7 nitrogen and oxygen atoms in total. The molecular weight excluding hydrogens is 432 g/mol. The third-order valence-electron chi connectivity index (χ3n) is 5.15. The maximum Gasteiger partial charge on any atom is 0.410 e. The van der Waals surface area contributed by atoms with E-state index < -0.39 is 36.0 Å². The number of likely N-dealkylation sites (tertiary alicyclic amines) is 1. The van der Waals surface area contributed by atoms with Crippen LogP contribution in [-0.4, -0.2) is 46.7 Å². The summed E-state index contributed by atoms with van der Waals surface area (Å²) < 4.78 is 40.0. The maximum absolute atomic E-state index is 14.7. The Hall–Kier alpha value is -3.23. The number of alkyl halides is 2. The van der Waals surface area contributed by atoms with Gasteiger partial charge in [-0.3, -0.25) is 4.98 Å². The molecule has 1 atom stereocenters. The van der Waals surface area contributed by atoms with Crippen molar-refractivity contribution in [3.8, 4) is 0 Å². The van der Waals surface area contributed by atoms with Crippen LogP contribution in [-0.2, 0) is 22.6 Å². The predicted molar refractivity (Wildman–Crippen MR) is 118 cm³/mol. The van der Waals surface area contributed by atoms with E-state index in [1.165, 1.54) is 23.2 Å². The molecule has 1 aromatic carbocycles. The number of pyridine rings is 1. The second kappa shape index (κ2) is 10.1. The molecule has 178 valence electrons. The Morgan fingerprint density at radius 2 is 1.94 bits per heavy atom. The first-order valence-corrected chi connectivity index (χ1v) is 10.8. The number of halogens is 2. The van der Waals surface area contributed by atoms with Gasteiger partial charge in [0.25, 0.3) is 5.92 Å². The zero-order valence-electron chi connectivity index (χ0n) is 19.0. The molecule has 1 aliphatic heterocycles. The zero-order valence-corrected chi connectivity index (χ0v) is 19.0. The van der Waals surface area contributed by atoms with E-state index in [1.807, 2.05) is 30.3 Å². The van der Waals surface area contributed by atoms with Crippen LogP contribution in [0.15, 0.2) is 48.7 Å². The largest absolute Gasteiger partial charge is 0.445 e. The van der Waals surface area contributed by atoms with Gasteiger partial charge in [-0.05, 0) is 44.0 Å². The molecule has 0 spiro atoms. The molecule has 3 rings (SSSR count). The van der Waals surface area contributed by atoms with Crippen molar-refractivity contribution in [1.82, 2.24) is 15.2 Å². The van der Waals surface area contributed by atoms with E-state index in [0.29, 0.717) is 11.3 Å². The van der Waals surface area contributed by atoms with E-state index in [-0.39, 0.29) is 26.2 Å². The molecule has 2 aromatic rings. The lowest BCUT2D eigenvalue weighted by atomic mass is 9.87. The lowest BCUT2D eigenvalue weighted by Crippen LogP contribution is -2.49. The van der Waals surface area contributed by atoms with E-state index in [2.05, 4.69) is 10.3 Å². The normalized spacial score (nSPS) is 17.8. The fraction of sp³-hybridized carbons (Fsp3) is 0.458. The first kappa shape index (κ1) is 24.4. The summed E-state index contributed by atoms with van der Waals surface area (Å²) in [6.07, 6.45) is -0.284. The second-order valence-corrected chi connectivity index (χ2v) is 8.99. The minimum Gasteiger partial charge on any atom is -0.445 e. The number of piperidine rings is 1. The van der Waals surface area contributed by atoms with Crippen LogP contribution in [0.4, 0.5) is 18.4 Å². The third-order valence-corrected chi connectivity index (χ3v) is 5.15. The fourth-order valence-corrected chi connectivity index (χ4v) is 3.49. The summed E-state index contributed by atoms with van der Waals surface area (Å²) in [5.41, 5.74) is 0.894. The van der Waals surface area contributed by atoms with Gasteiger partial charge in [0.2, 0.25) is 0 Å². The number of hydrogen-bond acceptors (Lipinski definition) is 5. The predicted octanol–water partition coefficient (Wildman–Crippen LogP) is 4.87. The van der Waals surface area contributed by atoms with Crippen molar-refractivity contribution < 1.29 is 27.8 Å². The number of alkyl carbamates (subject to hydrolysis) is 1. The lowest BCUT2D eigenvalue weighted by molar-refractivity contribution is -0.0771. The molecule has 0 unspecified atom stereocenters. The standard InChI is InChI=1S/C24H29F2N3O4/c1-23(2,3)33-22(31)29-12-10-24(25,26)20(15-29)18-9-11-27-19(13-18)14-28-21(30)32-16-17-7-5-4-6-8-17/h4-9,11,13,20H,10,12,14-16H2,1-3H3,(H,28,30)/t20-/m1/s1. The molecule has 9 heteroatoms. The average Bonchev–Trinajstić information content (AvgIpc) is 2.75. The summed E-state index contributed by atoms with van der Waals surface area (Å²) in [6, 6.07) is 12.3. The molecule has 1 aromatic heterocycles. The molecule has 1 aliphatic rings. The minimum absolute atomic E-state index is 0.0233. The van der Waals surface area contributed by atoms with Gasteiger partial charge in [0.15, 0.2) is 0 Å². The van der Waals surface area contributed by atoms with Gasteiger partial charge in [0.05, 0.1) is 18.2 Å². The number of nitrogens with zero attached hydrogens (tertiary/aromatic N) is 2. The van der Waals surface area contributed by atoms with Crippen LogP contribution in [0.5, 0.6) is 0 Å². The monoisotopic (exact) mass is 461 g/mol. The van der Waals surface area contributed by atoms with Crippen LogP contribution >= 0.6 is 0 Å². The Morgan fingerprint density at radius 1 is 1.21 bits per heavy atom. The molecule has 1 saturated heterocycles.